The number of benzene rings is 1. The van der Waals surface area contributed by atoms with Gasteiger partial charge in [0, 0.05) is 5.92 Å². The Hall–Kier alpha value is -1.04. The number of rotatable bonds is 8. The number of allylic oxidation sites excluding steroid dienone is 1. The van der Waals surface area contributed by atoms with Crippen LogP contribution in [0.5, 0.6) is 0 Å². The molecule has 0 N–H and O–H groups in total. The second-order valence-electron chi connectivity index (χ2n) is 6.50. The maximum atomic E-state index is 2.51. The fraction of sp³-hybridized carbons (Fsp3) is 0.619. The van der Waals surface area contributed by atoms with Gasteiger partial charge in [0.15, 0.2) is 0 Å². The lowest BCUT2D eigenvalue weighted by Crippen LogP contribution is -2.08. The predicted molar refractivity (Wildman–Crippen MR) is 95.1 cm³/mol. The summed E-state index contributed by atoms with van der Waals surface area (Å²) in [5.41, 5.74) is 8.25. The molecule has 0 aliphatic heterocycles. The highest BCUT2D eigenvalue weighted by Gasteiger charge is 2.23. The van der Waals surface area contributed by atoms with Gasteiger partial charge in [0.2, 0.25) is 0 Å². The highest BCUT2D eigenvalue weighted by molar-refractivity contribution is 5.67. The predicted octanol–water partition coefficient (Wildman–Crippen LogP) is 6.45. The van der Waals surface area contributed by atoms with Gasteiger partial charge in [-0.05, 0) is 53.5 Å². The molecular formula is C21H32. The molecule has 0 heteroatoms. The van der Waals surface area contributed by atoms with E-state index in [1.54, 1.807) is 22.3 Å². The van der Waals surface area contributed by atoms with E-state index in [1.807, 2.05) is 0 Å². The quantitative estimate of drug-likeness (QED) is 0.514. The van der Waals surface area contributed by atoms with Gasteiger partial charge in [-0.25, -0.2) is 0 Å². The van der Waals surface area contributed by atoms with E-state index >= 15 is 0 Å². The van der Waals surface area contributed by atoms with Crippen LogP contribution in [0.4, 0.5) is 0 Å². The zero-order valence-electron chi connectivity index (χ0n) is 14.5. The van der Waals surface area contributed by atoms with Crippen molar-refractivity contribution in [2.24, 2.45) is 0 Å². The monoisotopic (exact) mass is 284 g/mol. The Morgan fingerprint density at radius 2 is 1.48 bits per heavy atom. The molecular weight excluding hydrogens is 252 g/mol. The molecule has 1 unspecified atom stereocenters. The molecule has 2 rings (SSSR count). The lowest BCUT2D eigenvalue weighted by Gasteiger charge is -2.22. The molecule has 0 saturated carbocycles. The van der Waals surface area contributed by atoms with E-state index in [2.05, 4.69) is 45.9 Å². The highest BCUT2D eigenvalue weighted by Crippen LogP contribution is 2.40. The molecule has 0 aromatic heterocycles. The number of aryl methyl sites for hydroxylation is 1. The van der Waals surface area contributed by atoms with Crippen molar-refractivity contribution in [2.45, 2.75) is 85.0 Å². The summed E-state index contributed by atoms with van der Waals surface area (Å²) in [7, 11) is 0. The first-order valence-electron chi connectivity index (χ1n) is 9.12. The van der Waals surface area contributed by atoms with Gasteiger partial charge >= 0.3 is 0 Å². The van der Waals surface area contributed by atoms with E-state index in [4.69, 9.17) is 0 Å². The topological polar surface area (TPSA) is 0 Å². The molecule has 0 radical (unpaired) electrons. The standard InChI is InChI=1S/C21H32/c1-5-9-16-13-14-18-15-17(10-6-2)19(11-7-3)20(12-8-4)21(16)18/h13-16H,5-12H2,1-4H3. The molecule has 0 amide bonds. The molecule has 0 saturated heterocycles. The first kappa shape index (κ1) is 16.3. The van der Waals surface area contributed by atoms with Gasteiger partial charge in [0.1, 0.15) is 0 Å². The minimum atomic E-state index is 0.679. The summed E-state index contributed by atoms with van der Waals surface area (Å²) in [6.07, 6.45) is 15.0. The van der Waals surface area contributed by atoms with Crippen molar-refractivity contribution in [2.75, 3.05) is 0 Å². The van der Waals surface area contributed by atoms with Crippen molar-refractivity contribution in [1.82, 2.24) is 0 Å². The fourth-order valence-corrected chi connectivity index (χ4v) is 3.92. The third-order valence-corrected chi connectivity index (χ3v) is 4.72. The van der Waals surface area contributed by atoms with Gasteiger partial charge in [-0.15, -0.1) is 0 Å². The second-order valence-corrected chi connectivity index (χ2v) is 6.50. The molecule has 1 aromatic rings. The van der Waals surface area contributed by atoms with Crippen LogP contribution >= 0.6 is 0 Å². The Morgan fingerprint density at radius 1 is 0.810 bits per heavy atom. The van der Waals surface area contributed by atoms with Gasteiger partial charge in [0.05, 0.1) is 0 Å². The molecule has 21 heavy (non-hydrogen) atoms. The smallest absolute Gasteiger partial charge is 0.00299 e. The molecule has 0 nitrogen and oxygen atoms in total. The van der Waals surface area contributed by atoms with Crippen LogP contribution in [-0.2, 0) is 19.3 Å². The maximum absolute atomic E-state index is 2.51. The van der Waals surface area contributed by atoms with Crippen molar-refractivity contribution in [3.8, 4) is 0 Å². The Kier molecular flexibility index (Phi) is 6.08. The van der Waals surface area contributed by atoms with E-state index in [9.17, 15) is 0 Å². The average molecular weight is 284 g/mol. The second kappa shape index (κ2) is 7.82. The van der Waals surface area contributed by atoms with Crippen molar-refractivity contribution in [3.63, 3.8) is 0 Å². The highest BCUT2D eigenvalue weighted by atomic mass is 14.3. The van der Waals surface area contributed by atoms with E-state index in [1.165, 1.54) is 56.9 Å². The minimum Gasteiger partial charge on any atom is -0.0764 e. The summed E-state index contributed by atoms with van der Waals surface area (Å²) in [5.74, 6) is 0.679. The number of fused-ring (bicyclic) bond motifs is 1. The van der Waals surface area contributed by atoms with E-state index in [0.29, 0.717) is 5.92 Å². The van der Waals surface area contributed by atoms with Crippen molar-refractivity contribution >= 4 is 6.08 Å². The van der Waals surface area contributed by atoms with Crippen molar-refractivity contribution < 1.29 is 0 Å². The largest absolute Gasteiger partial charge is 0.0764 e. The number of hydrogen-bond donors (Lipinski definition) is 0. The average Bonchev–Trinajstić information content (AvgIpc) is 2.86. The van der Waals surface area contributed by atoms with Crippen LogP contribution in [-0.4, -0.2) is 0 Å². The molecule has 0 fully saturated rings. The van der Waals surface area contributed by atoms with Crippen LogP contribution in [0, 0.1) is 0 Å². The third kappa shape index (κ3) is 3.42. The zero-order chi connectivity index (χ0) is 15.2. The van der Waals surface area contributed by atoms with Gasteiger partial charge < -0.3 is 0 Å². The Balaban J connectivity index is 2.54. The third-order valence-electron chi connectivity index (χ3n) is 4.72. The van der Waals surface area contributed by atoms with Crippen LogP contribution in [0.1, 0.15) is 93.5 Å². The minimum absolute atomic E-state index is 0.679. The molecule has 1 aliphatic carbocycles. The summed E-state index contributed by atoms with van der Waals surface area (Å²) in [6.45, 7) is 9.26. The molecule has 1 aromatic carbocycles. The lowest BCUT2D eigenvalue weighted by atomic mass is 9.82. The lowest BCUT2D eigenvalue weighted by molar-refractivity contribution is 0.708. The van der Waals surface area contributed by atoms with Crippen molar-refractivity contribution in [3.05, 3.63) is 40.0 Å². The van der Waals surface area contributed by atoms with Crippen LogP contribution in [0.15, 0.2) is 12.1 Å². The van der Waals surface area contributed by atoms with E-state index in [0.717, 1.165) is 0 Å². The van der Waals surface area contributed by atoms with E-state index < -0.39 is 0 Å². The Labute approximate surface area is 131 Å². The molecule has 116 valence electrons. The van der Waals surface area contributed by atoms with Crippen LogP contribution in [0.2, 0.25) is 0 Å². The fourth-order valence-electron chi connectivity index (χ4n) is 3.92. The molecule has 0 heterocycles. The first-order chi connectivity index (χ1) is 10.3. The summed E-state index contributed by atoms with van der Waals surface area (Å²) >= 11 is 0. The van der Waals surface area contributed by atoms with Crippen LogP contribution in [0.25, 0.3) is 6.08 Å². The Bertz CT molecular complexity index is 493. The molecule has 0 bridgehead atoms. The summed E-state index contributed by atoms with van der Waals surface area (Å²) < 4.78 is 0. The van der Waals surface area contributed by atoms with E-state index in [-0.39, 0.29) is 0 Å². The maximum Gasteiger partial charge on any atom is 0.00299 e. The first-order valence-corrected chi connectivity index (χ1v) is 9.12. The molecule has 1 aliphatic rings. The van der Waals surface area contributed by atoms with Crippen LogP contribution < -0.4 is 0 Å². The van der Waals surface area contributed by atoms with Gasteiger partial charge in [-0.1, -0.05) is 71.6 Å². The zero-order valence-corrected chi connectivity index (χ0v) is 14.5. The van der Waals surface area contributed by atoms with Crippen molar-refractivity contribution in [1.29, 1.82) is 0 Å². The number of hydrogen-bond acceptors (Lipinski definition) is 0. The molecule has 1 atom stereocenters. The summed E-state index contributed by atoms with van der Waals surface area (Å²) in [5, 5.41) is 0. The van der Waals surface area contributed by atoms with Crippen LogP contribution in [0.3, 0.4) is 0 Å². The van der Waals surface area contributed by atoms with Gasteiger partial charge in [0.25, 0.3) is 0 Å². The van der Waals surface area contributed by atoms with Gasteiger partial charge in [-0.2, -0.15) is 0 Å². The summed E-state index contributed by atoms with van der Waals surface area (Å²) in [6, 6.07) is 2.51. The summed E-state index contributed by atoms with van der Waals surface area (Å²) in [4.78, 5) is 0. The SMILES string of the molecule is CCCc1cc2c(c(CCC)c1CCC)C(CCC)C=C2. The van der Waals surface area contributed by atoms with Gasteiger partial charge in [-0.3, -0.25) is 0 Å². The normalized spacial score (nSPS) is 16.5. The Morgan fingerprint density at radius 3 is 2.10 bits per heavy atom. The molecule has 0 spiro atoms.